The molecule has 8 heteroatoms. The number of aliphatic hydroxyl groups is 1. The van der Waals surface area contributed by atoms with Crippen molar-refractivity contribution in [2.45, 2.75) is 6.61 Å². The summed E-state index contributed by atoms with van der Waals surface area (Å²) in [6.45, 7) is -0.183. The van der Waals surface area contributed by atoms with E-state index in [0.29, 0.717) is 38.7 Å². The average molecular weight is 511 g/mol. The maximum Gasteiger partial charge on any atom is 0.259 e. The van der Waals surface area contributed by atoms with Gasteiger partial charge in [0.25, 0.3) is 5.91 Å². The van der Waals surface area contributed by atoms with Crippen LogP contribution in [0.4, 0.5) is 5.69 Å². The van der Waals surface area contributed by atoms with Crippen LogP contribution in [-0.2, 0) is 6.61 Å². The smallest absolute Gasteiger partial charge is 0.259 e. The minimum Gasteiger partial charge on any atom is -0.495 e. The Balaban J connectivity index is 1.97. The summed E-state index contributed by atoms with van der Waals surface area (Å²) >= 11 is 6.79. The monoisotopic (exact) mass is 509 g/mol. The molecule has 0 aliphatic rings. The molecule has 0 fully saturated rings. The Bertz CT molecular complexity index is 1020. The highest BCUT2D eigenvalue weighted by Gasteiger charge is 2.19. The van der Waals surface area contributed by atoms with Crippen LogP contribution in [0.5, 0.6) is 11.5 Å². The van der Waals surface area contributed by atoms with Crippen molar-refractivity contribution in [1.82, 2.24) is 0 Å². The Morgan fingerprint density at radius 3 is 2.54 bits per heavy atom. The van der Waals surface area contributed by atoms with Gasteiger partial charge < -0.3 is 24.3 Å². The number of ether oxygens (including phenoxy) is 2. The number of amides is 1. The second kappa shape index (κ2) is 8.81. The SMILES string of the molecule is COc1ccc(-c2ccc(CO)o2)cc1NC(=O)c1cc(Br)cc(Br)c1OC. The highest BCUT2D eigenvalue weighted by atomic mass is 79.9. The van der Waals surface area contributed by atoms with Crippen LogP contribution in [0.25, 0.3) is 11.3 Å². The minimum absolute atomic E-state index is 0.183. The number of hydrogen-bond donors (Lipinski definition) is 2. The number of nitrogens with one attached hydrogen (secondary N) is 1. The number of carbonyl (C=O) groups is 1. The first-order valence-electron chi connectivity index (χ1n) is 8.19. The lowest BCUT2D eigenvalue weighted by Gasteiger charge is -2.14. The Hall–Kier alpha value is -2.29. The molecular weight excluding hydrogens is 494 g/mol. The van der Waals surface area contributed by atoms with Crippen LogP contribution >= 0.6 is 31.9 Å². The van der Waals surface area contributed by atoms with E-state index >= 15 is 0 Å². The first-order valence-corrected chi connectivity index (χ1v) is 9.77. The van der Waals surface area contributed by atoms with E-state index in [9.17, 15) is 9.90 Å². The summed E-state index contributed by atoms with van der Waals surface area (Å²) in [4.78, 5) is 12.9. The van der Waals surface area contributed by atoms with Gasteiger partial charge in [0.2, 0.25) is 0 Å². The van der Waals surface area contributed by atoms with Crippen LogP contribution in [0, 0.1) is 0 Å². The normalized spacial score (nSPS) is 10.6. The molecule has 0 aliphatic heterocycles. The van der Waals surface area contributed by atoms with Crippen molar-refractivity contribution in [2.24, 2.45) is 0 Å². The lowest BCUT2D eigenvalue weighted by Crippen LogP contribution is -2.14. The first kappa shape index (κ1) is 20.4. The number of aliphatic hydroxyl groups excluding tert-OH is 1. The van der Waals surface area contributed by atoms with Gasteiger partial charge in [0, 0.05) is 10.0 Å². The molecule has 0 unspecified atom stereocenters. The van der Waals surface area contributed by atoms with E-state index in [4.69, 9.17) is 13.9 Å². The van der Waals surface area contributed by atoms with Gasteiger partial charge in [-0.15, -0.1) is 0 Å². The van der Waals surface area contributed by atoms with Gasteiger partial charge in [-0.3, -0.25) is 4.79 Å². The fourth-order valence-corrected chi connectivity index (χ4v) is 4.09. The highest BCUT2D eigenvalue weighted by Crippen LogP contribution is 2.35. The third-order valence-corrected chi connectivity index (χ3v) is 5.05. The quantitative estimate of drug-likeness (QED) is 0.474. The maximum atomic E-state index is 12.9. The highest BCUT2D eigenvalue weighted by molar-refractivity contribution is 9.11. The van der Waals surface area contributed by atoms with Crippen molar-refractivity contribution >= 4 is 43.5 Å². The molecule has 1 aromatic heterocycles. The Morgan fingerprint density at radius 1 is 1.11 bits per heavy atom. The van der Waals surface area contributed by atoms with Crippen LogP contribution < -0.4 is 14.8 Å². The molecule has 146 valence electrons. The van der Waals surface area contributed by atoms with Crippen LogP contribution in [0.3, 0.4) is 0 Å². The molecule has 0 saturated heterocycles. The molecule has 1 amide bonds. The fourth-order valence-electron chi connectivity index (χ4n) is 2.70. The van der Waals surface area contributed by atoms with E-state index in [2.05, 4.69) is 37.2 Å². The molecule has 0 aliphatic carbocycles. The van der Waals surface area contributed by atoms with Gasteiger partial charge in [-0.25, -0.2) is 0 Å². The Kier molecular flexibility index (Phi) is 6.43. The van der Waals surface area contributed by atoms with E-state index in [1.807, 2.05) is 6.07 Å². The van der Waals surface area contributed by atoms with Crippen molar-refractivity contribution in [3.63, 3.8) is 0 Å². The molecule has 0 radical (unpaired) electrons. The van der Waals surface area contributed by atoms with Gasteiger partial charge in [-0.2, -0.15) is 0 Å². The summed E-state index contributed by atoms with van der Waals surface area (Å²) in [6.07, 6.45) is 0. The fraction of sp³-hybridized carbons (Fsp3) is 0.150. The molecule has 3 aromatic rings. The summed E-state index contributed by atoms with van der Waals surface area (Å²) in [5, 5.41) is 12.0. The summed E-state index contributed by atoms with van der Waals surface area (Å²) in [5.41, 5.74) is 1.57. The van der Waals surface area contributed by atoms with E-state index in [0.717, 1.165) is 10.0 Å². The topological polar surface area (TPSA) is 80.9 Å². The summed E-state index contributed by atoms with van der Waals surface area (Å²) in [5.74, 6) is 1.60. The van der Waals surface area contributed by atoms with Gasteiger partial charge in [0.1, 0.15) is 29.6 Å². The van der Waals surface area contributed by atoms with Gasteiger partial charge >= 0.3 is 0 Å². The molecule has 3 rings (SSSR count). The average Bonchev–Trinajstić information content (AvgIpc) is 3.16. The minimum atomic E-state index is -0.357. The number of hydrogen-bond acceptors (Lipinski definition) is 5. The van der Waals surface area contributed by atoms with Gasteiger partial charge in [0.05, 0.1) is 29.9 Å². The van der Waals surface area contributed by atoms with Crippen LogP contribution in [0.1, 0.15) is 16.1 Å². The number of anilines is 1. The van der Waals surface area contributed by atoms with Crippen LogP contribution in [0.15, 0.2) is 55.8 Å². The van der Waals surface area contributed by atoms with Gasteiger partial charge in [-0.05, 0) is 58.4 Å². The summed E-state index contributed by atoms with van der Waals surface area (Å²) < 4.78 is 17.7. The Morgan fingerprint density at radius 2 is 1.89 bits per heavy atom. The standard InChI is InChI=1S/C20H17Br2NO5/c1-26-18-5-3-11(17-6-4-13(10-24)28-17)7-16(18)23-20(25)14-8-12(21)9-15(22)19(14)27-2/h3-9,24H,10H2,1-2H3,(H,23,25). The number of carbonyl (C=O) groups excluding carboxylic acids is 1. The number of furan rings is 1. The summed E-state index contributed by atoms with van der Waals surface area (Å²) in [7, 11) is 3.03. The number of methoxy groups -OCH3 is 2. The predicted molar refractivity (Wildman–Crippen MR) is 113 cm³/mol. The van der Waals surface area contributed by atoms with Gasteiger partial charge in [-0.1, -0.05) is 15.9 Å². The lowest BCUT2D eigenvalue weighted by molar-refractivity contribution is 0.102. The molecule has 0 saturated carbocycles. The van der Waals surface area contributed by atoms with Crippen molar-refractivity contribution in [3.8, 4) is 22.8 Å². The third kappa shape index (κ3) is 4.24. The molecule has 2 N–H and O–H groups in total. The molecule has 1 heterocycles. The molecular formula is C20H17Br2NO5. The zero-order chi connectivity index (χ0) is 20.3. The van der Waals surface area contributed by atoms with Crippen LogP contribution in [0.2, 0.25) is 0 Å². The zero-order valence-electron chi connectivity index (χ0n) is 15.1. The Labute approximate surface area is 178 Å². The van der Waals surface area contributed by atoms with Crippen molar-refractivity contribution in [2.75, 3.05) is 19.5 Å². The van der Waals surface area contributed by atoms with Crippen molar-refractivity contribution in [3.05, 3.63) is 62.7 Å². The third-order valence-electron chi connectivity index (χ3n) is 4.01. The maximum absolute atomic E-state index is 12.9. The van der Waals surface area contributed by atoms with Crippen LogP contribution in [-0.4, -0.2) is 25.2 Å². The molecule has 28 heavy (non-hydrogen) atoms. The van der Waals surface area contributed by atoms with Crippen molar-refractivity contribution < 1.29 is 23.8 Å². The second-order valence-corrected chi connectivity index (χ2v) is 7.53. The molecule has 0 atom stereocenters. The molecule has 0 spiro atoms. The zero-order valence-corrected chi connectivity index (χ0v) is 18.3. The van der Waals surface area contributed by atoms with Gasteiger partial charge in [0.15, 0.2) is 0 Å². The molecule has 6 nitrogen and oxygen atoms in total. The first-order chi connectivity index (χ1) is 13.5. The molecule has 0 bridgehead atoms. The number of benzene rings is 2. The largest absolute Gasteiger partial charge is 0.495 e. The van der Waals surface area contributed by atoms with E-state index in [1.165, 1.54) is 14.2 Å². The molecule has 2 aromatic carbocycles. The predicted octanol–water partition coefficient (Wildman–Crippen LogP) is 5.23. The van der Waals surface area contributed by atoms with E-state index in [1.54, 1.807) is 36.4 Å². The second-order valence-electron chi connectivity index (χ2n) is 5.76. The lowest BCUT2D eigenvalue weighted by atomic mass is 10.1. The summed E-state index contributed by atoms with van der Waals surface area (Å²) in [6, 6.07) is 12.2. The number of rotatable bonds is 6. The number of halogens is 2. The van der Waals surface area contributed by atoms with Crippen molar-refractivity contribution in [1.29, 1.82) is 0 Å². The van der Waals surface area contributed by atoms with E-state index < -0.39 is 0 Å². The van der Waals surface area contributed by atoms with E-state index in [-0.39, 0.29) is 12.5 Å².